The maximum absolute atomic E-state index is 13.9. The zero-order valence-corrected chi connectivity index (χ0v) is 20.5. The number of fused-ring (bicyclic) bond motifs is 1. The Balaban J connectivity index is 1.86. The summed E-state index contributed by atoms with van der Waals surface area (Å²) in [7, 11) is 1.66. The molecule has 2 aromatic heterocycles. The number of allylic oxidation sites excluding steroid dienone is 2. The number of hydrogen-bond donors (Lipinski definition) is 2. The fraction of sp³-hybridized carbons (Fsp3) is 0.143. The van der Waals surface area contributed by atoms with Crippen molar-refractivity contribution >= 4 is 40.6 Å². The summed E-state index contributed by atoms with van der Waals surface area (Å²) in [6, 6.07) is 16.5. The Bertz CT molecular complexity index is 1560. The van der Waals surface area contributed by atoms with Gasteiger partial charge < -0.3 is 11.1 Å². The molecule has 8 nitrogen and oxygen atoms in total. The number of aromatic nitrogens is 3. The molecule has 0 fully saturated rings. The first-order valence-corrected chi connectivity index (χ1v) is 11.5. The van der Waals surface area contributed by atoms with Crippen LogP contribution in [0.3, 0.4) is 0 Å². The number of aliphatic imine (C=N–C) groups is 1. The minimum absolute atomic E-state index is 0.0633. The summed E-state index contributed by atoms with van der Waals surface area (Å²) < 4.78 is 3.08. The van der Waals surface area contributed by atoms with Crippen LogP contribution in [-0.4, -0.2) is 26.5 Å². The van der Waals surface area contributed by atoms with Crippen LogP contribution in [0, 0.1) is 0 Å². The van der Waals surface area contributed by atoms with Crippen molar-refractivity contribution in [1.82, 2.24) is 19.7 Å². The number of aryl methyl sites for hydroxylation is 1. The second kappa shape index (κ2) is 10.3. The molecule has 0 aliphatic rings. The van der Waals surface area contributed by atoms with Gasteiger partial charge in [-0.25, -0.2) is 9.67 Å². The van der Waals surface area contributed by atoms with Gasteiger partial charge in [0.2, 0.25) is 0 Å². The van der Waals surface area contributed by atoms with E-state index in [0.717, 1.165) is 10.9 Å². The van der Waals surface area contributed by atoms with Gasteiger partial charge in [-0.3, -0.25) is 14.2 Å². The summed E-state index contributed by atoms with van der Waals surface area (Å²) in [6.07, 6.45) is 6.79. The molecule has 0 aliphatic heterocycles. The quantitative estimate of drug-likeness (QED) is 0.373. The topological polar surface area (TPSA) is 107 Å². The van der Waals surface area contributed by atoms with Crippen molar-refractivity contribution in [3.63, 3.8) is 0 Å². The highest BCUT2D eigenvalue weighted by atomic mass is 16.2. The van der Waals surface area contributed by atoms with Crippen molar-refractivity contribution in [2.45, 2.75) is 19.9 Å². The third kappa shape index (κ3) is 4.48. The monoisotopic (exact) mass is 480 g/mol. The molecule has 0 bridgehead atoms. The molecule has 2 aromatic carbocycles. The van der Waals surface area contributed by atoms with Crippen LogP contribution in [0.25, 0.3) is 22.5 Å². The number of anilines is 1. The van der Waals surface area contributed by atoms with Crippen molar-refractivity contribution < 1.29 is 4.79 Å². The predicted molar refractivity (Wildman–Crippen MR) is 146 cm³/mol. The third-order valence-corrected chi connectivity index (χ3v) is 5.83. The number of carbonyl (C=O) groups excluding carboxylic acids is 1. The molecular weight excluding hydrogens is 452 g/mol. The van der Waals surface area contributed by atoms with Gasteiger partial charge in [0.25, 0.3) is 11.5 Å². The molecule has 4 rings (SSSR count). The molecule has 1 amide bonds. The van der Waals surface area contributed by atoms with Crippen LogP contribution in [0.5, 0.6) is 0 Å². The normalized spacial score (nSPS) is 12.4. The smallest absolute Gasteiger partial charge is 0.263 e. The third-order valence-electron chi connectivity index (χ3n) is 5.83. The predicted octanol–water partition coefficient (Wildman–Crippen LogP) is 4.72. The lowest BCUT2D eigenvalue weighted by atomic mass is 10.0. The van der Waals surface area contributed by atoms with Crippen molar-refractivity contribution in [3.8, 4) is 5.69 Å². The van der Waals surface area contributed by atoms with Gasteiger partial charge in [-0.15, -0.1) is 0 Å². The molecule has 36 heavy (non-hydrogen) atoms. The zero-order valence-electron chi connectivity index (χ0n) is 20.5. The van der Waals surface area contributed by atoms with Crippen LogP contribution < -0.4 is 16.6 Å². The first-order valence-electron chi connectivity index (χ1n) is 11.5. The van der Waals surface area contributed by atoms with E-state index in [9.17, 15) is 9.59 Å². The van der Waals surface area contributed by atoms with Gasteiger partial charge in [-0.2, -0.15) is 5.10 Å². The highest BCUT2D eigenvalue weighted by Crippen LogP contribution is 2.27. The van der Waals surface area contributed by atoms with E-state index in [2.05, 4.69) is 22.0 Å². The lowest BCUT2D eigenvalue weighted by Gasteiger charge is -2.21. The van der Waals surface area contributed by atoms with Crippen LogP contribution >= 0.6 is 0 Å². The molecule has 2 heterocycles. The Hall–Kier alpha value is -4.72. The first-order chi connectivity index (χ1) is 17.4. The number of hydrogen-bond acceptors (Lipinski definition) is 5. The van der Waals surface area contributed by atoms with E-state index in [-0.39, 0.29) is 16.9 Å². The van der Waals surface area contributed by atoms with Gasteiger partial charge >= 0.3 is 0 Å². The van der Waals surface area contributed by atoms with Gasteiger partial charge in [0, 0.05) is 24.6 Å². The fourth-order valence-corrected chi connectivity index (χ4v) is 4.26. The molecule has 8 heteroatoms. The number of rotatable bonds is 7. The minimum atomic E-state index is -0.545. The summed E-state index contributed by atoms with van der Waals surface area (Å²) >= 11 is 0. The number of benzene rings is 2. The Morgan fingerprint density at radius 2 is 1.94 bits per heavy atom. The number of para-hydroxylation sites is 1. The number of nitrogens with two attached hydrogens (primary N) is 1. The maximum Gasteiger partial charge on any atom is 0.263 e. The van der Waals surface area contributed by atoms with E-state index < -0.39 is 11.9 Å². The number of nitrogen functional groups attached to an aromatic ring is 1. The van der Waals surface area contributed by atoms with E-state index in [1.54, 1.807) is 11.6 Å². The molecule has 4 aromatic rings. The lowest BCUT2D eigenvalue weighted by Crippen LogP contribution is -2.32. The van der Waals surface area contributed by atoms with Crippen LogP contribution in [0.1, 0.15) is 41.5 Å². The molecule has 1 atom stereocenters. The molecule has 0 saturated heterocycles. The standard InChI is InChI=1S/C28H28N6O2/c1-5-11-19-12-10-13-20-17-22(34(28(36)23(19)20)21-14-8-7-9-15-21)18(3)31-27(35)24-25(29)32-33(4)26(24)30-16-6-2/h5-18H,2H2,1,3-4H3,(H2,29,32)(H,31,35)/b11-5+,30-16-. The Morgan fingerprint density at radius 1 is 1.19 bits per heavy atom. The second-order valence-electron chi connectivity index (χ2n) is 8.27. The van der Waals surface area contributed by atoms with E-state index in [1.807, 2.05) is 80.6 Å². The van der Waals surface area contributed by atoms with E-state index in [0.29, 0.717) is 22.6 Å². The second-order valence-corrected chi connectivity index (χ2v) is 8.27. The van der Waals surface area contributed by atoms with Crippen molar-refractivity contribution in [2.75, 3.05) is 5.73 Å². The van der Waals surface area contributed by atoms with Gasteiger partial charge in [0.05, 0.1) is 11.4 Å². The molecule has 0 radical (unpaired) electrons. The number of nitrogens with one attached hydrogen (secondary N) is 1. The minimum Gasteiger partial charge on any atom is -0.381 e. The van der Waals surface area contributed by atoms with E-state index in [4.69, 9.17) is 5.73 Å². The SMILES string of the molecule is C=C/C=N\c1c(C(=O)NC(C)c2cc3cccc(/C=C/C)c3c(=O)n2-c2ccccc2)c(N)nn1C. The summed E-state index contributed by atoms with van der Waals surface area (Å²) in [6.45, 7) is 7.36. The first kappa shape index (κ1) is 24.4. The van der Waals surface area contributed by atoms with Crippen LogP contribution in [0.15, 0.2) is 83.1 Å². The zero-order chi connectivity index (χ0) is 25.8. The number of carbonyl (C=O) groups is 1. The van der Waals surface area contributed by atoms with Gasteiger partial charge in [0.15, 0.2) is 11.6 Å². The largest absolute Gasteiger partial charge is 0.381 e. The Morgan fingerprint density at radius 3 is 2.64 bits per heavy atom. The number of nitrogens with zero attached hydrogens (tertiary/aromatic N) is 4. The van der Waals surface area contributed by atoms with Crippen LogP contribution in [-0.2, 0) is 7.05 Å². The van der Waals surface area contributed by atoms with Crippen LogP contribution in [0.2, 0.25) is 0 Å². The summed E-state index contributed by atoms with van der Waals surface area (Å²) in [5, 5.41) is 8.51. The van der Waals surface area contributed by atoms with Gasteiger partial charge in [-0.05, 0) is 43.0 Å². The maximum atomic E-state index is 13.9. The highest BCUT2D eigenvalue weighted by molar-refractivity contribution is 6.03. The Kier molecular flexibility index (Phi) is 6.96. The molecule has 182 valence electrons. The lowest BCUT2D eigenvalue weighted by molar-refractivity contribution is 0.0940. The summed E-state index contributed by atoms with van der Waals surface area (Å²) in [4.78, 5) is 31.5. The molecule has 3 N–H and O–H groups in total. The molecule has 0 saturated carbocycles. The number of amides is 1. The Labute approximate surface area is 209 Å². The summed E-state index contributed by atoms with van der Waals surface area (Å²) in [5.41, 5.74) is 8.20. The van der Waals surface area contributed by atoms with E-state index in [1.165, 1.54) is 17.0 Å². The van der Waals surface area contributed by atoms with Crippen molar-refractivity contribution in [2.24, 2.45) is 12.0 Å². The highest BCUT2D eigenvalue weighted by Gasteiger charge is 2.24. The molecule has 0 spiro atoms. The molecule has 0 aliphatic carbocycles. The van der Waals surface area contributed by atoms with E-state index >= 15 is 0 Å². The van der Waals surface area contributed by atoms with Crippen molar-refractivity contribution in [3.05, 3.63) is 101 Å². The van der Waals surface area contributed by atoms with Gasteiger partial charge in [-0.1, -0.05) is 61.2 Å². The van der Waals surface area contributed by atoms with Crippen LogP contribution in [0.4, 0.5) is 11.6 Å². The average Bonchev–Trinajstić information content (AvgIpc) is 3.15. The molecular formula is C28H28N6O2. The summed E-state index contributed by atoms with van der Waals surface area (Å²) in [5.74, 6) is -0.0699. The van der Waals surface area contributed by atoms with Gasteiger partial charge in [0.1, 0.15) is 5.56 Å². The van der Waals surface area contributed by atoms with Crippen molar-refractivity contribution in [1.29, 1.82) is 0 Å². The number of pyridine rings is 1. The fourth-order valence-electron chi connectivity index (χ4n) is 4.26. The molecule has 1 unspecified atom stereocenters. The average molecular weight is 481 g/mol.